The van der Waals surface area contributed by atoms with Crippen LogP contribution >= 0.6 is 23.7 Å². The summed E-state index contributed by atoms with van der Waals surface area (Å²) in [6.07, 6.45) is 0.922. The molecule has 0 amide bonds. The normalized spacial score (nSPS) is 18.9. The zero-order valence-electron chi connectivity index (χ0n) is 15.4. The van der Waals surface area contributed by atoms with Crippen molar-refractivity contribution in [2.75, 3.05) is 5.75 Å². The van der Waals surface area contributed by atoms with Gasteiger partial charge in [0, 0.05) is 11.1 Å². The summed E-state index contributed by atoms with van der Waals surface area (Å²) in [5.41, 5.74) is 7.31. The largest absolute Gasteiger partial charge is 0.508 e. The molecule has 1 aliphatic heterocycles. The summed E-state index contributed by atoms with van der Waals surface area (Å²) in [6, 6.07) is 6.47. The second-order valence-electron chi connectivity index (χ2n) is 7.55. The van der Waals surface area contributed by atoms with Gasteiger partial charge in [0.05, 0.1) is 5.75 Å². The Morgan fingerprint density at radius 1 is 1.29 bits per heavy atom. The van der Waals surface area contributed by atoms with Gasteiger partial charge in [-0.3, -0.25) is 0 Å². The standard InChI is InChI=1S/C17H22N2O5S3.ClH/c1-17(2,18)13-7-10(3-4-14(13)20)5-11-6-12-8-15(27(19,23)24)25-16(12)26(21,22)9-11;/h3-4,7-8,11,20H,5-6,9,18H2,1-2H3,(H2,19,23,24);1H. The van der Waals surface area contributed by atoms with E-state index < -0.39 is 25.4 Å². The lowest BCUT2D eigenvalue weighted by Gasteiger charge is -2.24. The second kappa shape index (κ2) is 7.58. The number of thiophene rings is 1. The van der Waals surface area contributed by atoms with E-state index in [9.17, 15) is 21.9 Å². The smallest absolute Gasteiger partial charge is 0.247 e. The molecule has 2 aromatic rings. The number of primary sulfonamides is 1. The minimum Gasteiger partial charge on any atom is -0.508 e. The number of hydrogen-bond acceptors (Lipinski definition) is 7. The van der Waals surface area contributed by atoms with Crippen LogP contribution in [-0.4, -0.2) is 27.7 Å². The molecule has 0 radical (unpaired) electrons. The van der Waals surface area contributed by atoms with Crippen LogP contribution in [0, 0.1) is 5.92 Å². The summed E-state index contributed by atoms with van der Waals surface area (Å²) in [6.45, 7) is 3.56. The Bertz CT molecular complexity index is 1100. The molecule has 28 heavy (non-hydrogen) atoms. The predicted molar refractivity (Wildman–Crippen MR) is 111 cm³/mol. The predicted octanol–water partition coefficient (Wildman–Crippen LogP) is 1.91. The van der Waals surface area contributed by atoms with Crippen molar-refractivity contribution in [1.29, 1.82) is 0 Å². The lowest BCUT2D eigenvalue weighted by Crippen LogP contribution is -2.29. The fourth-order valence-electron chi connectivity index (χ4n) is 3.38. The van der Waals surface area contributed by atoms with Gasteiger partial charge in [0.2, 0.25) is 10.0 Å². The third-order valence-electron chi connectivity index (χ3n) is 4.55. The number of hydrogen-bond donors (Lipinski definition) is 3. The number of rotatable bonds is 4. The Balaban J connectivity index is 0.00000280. The minimum atomic E-state index is -3.94. The van der Waals surface area contributed by atoms with Crippen molar-refractivity contribution in [2.45, 2.75) is 40.6 Å². The summed E-state index contributed by atoms with van der Waals surface area (Å²) >= 11 is 0.715. The van der Waals surface area contributed by atoms with E-state index in [1.807, 2.05) is 0 Å². The Kier molecular flexibility index (Phi) is 6.26. The molecule has 0 saturated carbocycles. The number of phenolic OH excluding ortho intramolecular Hbond substituents is 1. The maximum absolute atomic E-state index is 12.6. The molecule has 0 saturated heterocycles. The monoisotopic (exact) mass is 466 g/mol. The van der Waals surface area contributed by atoms with Crippen LogP contribution in [0.3, 0.4) is 0 Å². The first-order valence-electron chi connectivity index (χ1n) is 8.27. The van der Waals surface area contributed by atoms with Gasteiger partial charge in [-0.1, -0.05) is 12.1 Å². The lowest BCUT2D eigenvalue weighted by molar-refractivity contribution is 0.439. The molecular weight excluding hydrogens is 444 g/mol. The molecule has 3 rings (SSSR count). The van der Waals surface area contributed by atoms with Gasteiger partial charge >= 0.3 is 0 Å². The number of benzene rings is 1. The van der Waals surface area contributed by atoms with Gasteiger partial charge in [0.25, 0.3) is 0 Å². The Hall–Kier alpha value is -1.17. The molecule has 1 unspecified atom stereocenters. The van der Waals surface area contributed by atoms with Gasteiger partial charge in [-0.05, 0) is 55.9 Å². The highest BCUT2D eigenvalue weighted by Gasteiger charge is 2.34. The Morgan fingerprint density at radius 2 is 1.93 bits per heavy atom. The average Bonchev–Trinajstić information content (AvgIpc) is 2.93. The highest BCUT2D eigenvalue weighted by atomic mass is 35.5. The number of sulfone groups is 1. The van der Waals surface area contributed by atoms with Crippen molar-refractivity contribution in [2.24, 2.45) is 16.8 Å². The molecule has 11 heteroatoms. The maximum atomic E-state index is 12.6. The second-order valence-corrected chi connectivity index (χ2v) is 12.6. The third kappa shape index (κ3) is 4.69. The Morgan fingerprint density at radius 3 is 2.50 bits per heavy atom. The zero-order chi connectivity index (χ0) is 20.2. The van der Waals surface area contributed by atoms with E-state index in [0.717, 1.165) is 5.56 Å². The number of fused-ring (bicyclic) bond motifs is 1. The van der Waals surface area contributed by atoms with Crippen molar-refractivity contribution in [3.63, 3.8) is 0 Å². The molecule has 7 nitrogen and oxygen atoms in total. The molecule has 5 N–H and O–H groups in total. The van der Waals surface area contributed by atoms with E-state index in [1.54, 1.807) is 32.0 Å². The number of phenols is 1. The highest BCUT2D eigenvalue weighted by Crippen LogP contribution is 2.38. The van der Waals surface area contributed by atoms with Gasteiger partial charge in [-0.15, -0.1) is 23.7 Å². The molecule has 1 aromatic heterocycles. The average molecular weight is 467 g/mol. The van der Waals surface area contributed by atoms with Crippen molar-refractivity contribution in [1.82, 2.24) is 0 Å². The highest BCUT2D eigenvalue weighted by molar-refractivity contribution is 7.95. The number of aromatic hydroxyl groups is 1. The van der Waals surface area contributed by atoms with Crippen LogP contribution in [0.15, 0.2) is 32.7 Å². The molecule has 0 bridgehead atoms. The number of nitrogens with two attached hydrogens (primary N) is 2. The SMILES string of the molecule is CC(C)(N)c1cc(CC2Cc3cc(S(N)(=O)=O)sc3S(=O)(=O)C2)ccc1O.Cl. The first kappa shape index (κ1) is 23.1. The van der Waals surface area contributed by atoms with E-state index in [0.29, 0.717) is 35.3 Å². The van der Waals surface area contributed by atoms with E-state index in [1.165, 1.54) is 6.07 Å². The van der Waals surface area contributed by atoms with E-state index in [-0.39, 0.29) is 38.2 Å². The molecule has 0 aliphatic carbocycles. The van der Waals surface area contributed by atoms with Gasteiger partial charge < -0.3 is 10.8 Å². The van der Waals surface area contributed by atoms with Gasteiger partial charge in [0.1, 0.15) is 14.2 Å². The van der Waals surface area contributed by atoms with Crippen LogP contribution < -0.4 is 10.9 Å². The molecule has 1 aromatic carbocycles. The third-order valence-corrected chi connectivity index (χ3v) is 9.70. The van der Waals surface area contributed by atoms with Crippen molar-refractivity contribution < 1.29 is 21.9 Å². The fraction of sp³-hybridized carbons (Fsp3) is 0.412. The molecule has 2 heterocycles. The summed E-state index contributed by atoms with van der Waals surface area (Å²) in [7, 11) is -7.51. The van der Waals surface area contributed by atoms with Crippen LogP contribution in [0.4, 0.5) is 0 Å². The lowest BCUT2D eigenvalue weighted by atomic mass is 9.89. The molecule has 1 aliphatic rings. The summed E-state index contributed by atoms with van der Waals surface area (Å²) < 4.78 is 48.3. The van der Waals surface area contributed by atoms with Gasteiger partial charge in [-0.2, -0.15) is 0 Å². The summed E-state index contributed by atoms with van der Waals surface area (Å²) in [5.74, 6) is -0.170. The topological polar surface area (TPSA) is 141 Å². The van der Waals surface area contributed by atoms with Crippen LogP contribution in [0.25, 0.3) is 0 Å². The van der Waals surface area contributed by atoms with E-state index >= 15 is 0 Å². The quantitative estimate of drug-likeness (QED) is 0.628. The van der Waals surface area contributed by atoms with Crippen molar-refractivity contribution in [3.8, 4) is 5.75 Å². The van der Waals surface area contributed by atoms with Crippen LogP contribution in [-0.2, 0) is 38.2 Å². The molecule has 156 valence electrons. The van der Waals surface area contributed by atoms with Crippen LogP contribution in [0.2, 0.25) is 0 Å². The number of sulfonamides is 1. The first-order chi connectivity index (χ1) is 12.3. The Labute approximate surface area is 175 Å². The van der Waals surface area contributed by atoms with Crippen molar-refractivity contribution >= 4 is 43.6 Å². The molecule has 0 fully saturated rings. The zero-order valence-corrected chi connectivity index (χ0v) is 18.6. The summed E-state index contributed by atoms with van der Waals surface area (Å²) in [4.78, 5) is 0. The van der Waals surface area contributed by atoms with E-state index in [2.05, 4.69) is 0 Å². The fourth-order valence-corrected chi connectivity index (χ4v) is 7.75. The number of halogens is 1. The molecular formula is C17H23ClN2O5S3. The maximum Gasteiger partial charge on any atom is 0.247 e. The van der Waals surface area contributed by atoms with Gasteiger partial charge in [0.15, 0.2) is 9.84 Å². The first-order valence-corrected chi connectivity index (χ1v) is 12.3. The summed E-state index contributed by atoms with van der Waals surface area (Å²) in [5, 5.41) is 15.2. The van der Waals surface area contributed by atoms with Crippen molar-refractivity contribution in [3.05, 3.63) is 41.0 Å². The molecule has 1 atom stereocenters. The van der Waals surface area contributed by atoms with Gasteiger partial charge in [-0.25, -0.2) is 22.0 Å². The molecule has 0 spiro atoms. The van der Waals surface area contributed by atoms with Crippen LogP contribution in [0.5, 0.6) is 5.75 Å². The van der Waals surface area contributed by atoms with Crippen LogP contribution in [0.1, 0.15) is 30.5 Å². The minimum absolute atomic E-state index is 0. The van der Waals surface area contributed by atoms with E-state index in [4.69, 9.17) is 10.9 Å².